The van der Waals surface area contributed by atoms with Crippen LogP contribution in [0.5, 0.6) is 0 Å². The molecule has 1 rings (SSSR count). The quantitative estimate of drug-likeness (QED) is 0.621. The SMILES string of the molecule is COCCN(CCOC)CC(C)C(=O)c1ccccc1F. The van der Waals surface area contributed by atoms with E-state index in [0.717, 1.165) is 13.1 Å². The summed E-state index contributed by atoms with van der Waals surface area (Å²) in [7, 11) is 3.28. The monoisotopic (exact) mass is 297 g/mol. The highest BCUT2D eigenvalue weighted by atomic mass is 19.1. The number of nitrogens with zero attached hydrogens (tertiary/aromatic N) is 1. The molecule has 0 bridgehead atoms. The minimum Gasteiger partial charge on any atom is -0.383 e. The fourth-order valence-electron chi connectivity index (χ4n) is 2.13. The summed E-state index contributed by atoms with van der Waals surface area (Å²) in [6.07, 6.45) is 0. The molecular formula is C16H24FNO3. The topological polar surface area (TPSA) is 38.8 Å². The maximum Gasteiger partial charge on any atom is 0.169 e. The Morgan fingerprint density at radius 2 is 1.76 bits per heavy atom. The summed E-state index contributed by atoms with van der Waals surface area (Å²) in [5.74, 6) is -0.918. The first kappa shape index (κ1) is 17.8. The standard InChI is InChI=1S/C16H24FNO3/c1-13(12-18(8-10-20-2)9-11-21-3)16(19)14-6-4-5-7-15(14)17/h4-7,13H,8-12H2,1-3H3. The number of halogens is 1. The normalized spacial score (nSPS) is 12.6. The van der Waals surface area contributed by atoms with Gasteiger partial charge in [-0.15, -0.1) is 0 Å². The van der Waals surface area contributed by atoms with Crippen LogP contribution >= 0.6 is 0 Å². The van der Waals surface area contributed by atoms with Gasteiger partial charge in [0.25, 0.3) is 0 Å². The van der Waals surface area contributed by atoms with Crippen LogP contribution in [0, 0.1) is 11.7 Å². The van der Waals surface area contributed by atoms with E-state index >= 15 is 0 Å². The fraction of sp³-hybridized carbons (Fsp3) is 0.562. The zero-order valence-corrected chi connectivity index (χ0v) is 13.0. The van der Waals surface area contributed by atoms with Gasteiger partial charge >= 0.3 is 0 Å². The summed E-state index contributed by atoms with van der Waals surface area (Å²) in [4.78, 5) is 14.4. The van der Waals surface area contributed by atoms with Gasteiger partial charge in [-0.3, -0.25) is 9.69 Å². The third-order valence-corrected chi connectivity index (χ3v) is 3.34. The summed E-state index contributed by atoms with van der Waals surface area (Å²) in [5.41, 5.74) is 0.156. The summed E-state index contributed by atoms with van der Waals surface area (Å²) in [6.45, 7) is 4.99. The zero-order chi connectivity index (χ0) is 15.7. The van der Waals surface area contributed by atoms with Gasteiger partial charge in [0.1, 0.15) is 5.82 Å². The number of carbonyl (C=O) groups is 1. The van der Waals surface area contributed by atoms with Crippen molar-refractivity contribution in [2.45, 2.75) is 6.92 Å². The molecule has 0 fully saturated rings. The number of hydrogen-bond acceptors (Lipinski definition) is 4. The predicted octanol–water partition coefficient (Wildman–Crippen LogP) is 2.24. The minimum absolute atomic E-state index is 0.156. The molecule has 0 saturated carbocycles. The lowest BCUT2D eigenvalue weighted by Crippen LogP contribution is -2.36. The van der Waals surface area contributed by atoms with Gasteiger partial charge in [0.05, 0.1) is 18.8 Å². The maximum atomic E-state index is 13.7. The van der Waals surface area contributed by atoms with E-state index in [2.05, 4.69) is 4.90 Å². The van der Waals surface area contributed by atoms with Gasteiger partial charge in [0.15, 0.2) is 5.78 Å². The van der Waals surface area contributed by atoms with Crippen LogP contribution in [0.15, 0.2) is 24.3 Å². The number of methoxy groups -OCH3 is 2. The van der Waals surface area contributed by atoms with E-state index in [1.807, 2.05) is 6.92 Å². The minimum atomic E-state index is -0.463. The summed E-state index contributed by atoms with van der Waals surface area (Å²) in [6, 6.07) is 6.10. The molecule has 1 aromatic rings. The van der Waals surface area contributed by atoms with Crippen molar-refractivity contribution in [1.82, 2.24) is 4.90 Å². The number of carbonyl (C=O) groups excluding carboxylic acids is 1. The van der Waals surface area contributed by atoms with Gasteiger partial charge in [0.2, 0.25) is 0 Å². The second-order valence-corrected chi connectivity index (χ2v) is 5.03. The second-order valence-electron chi connectivity index (χ2n) is 5.03. The number of rotatable bonds is 10. The molecular weight excluding hydrogens is 273 g/mol. The van der Waals surface area contributed by atoms with Gasteiger partial charge in [0, 0.05) is 39.8 Å². The molecule has 21 heavy (non-hydrogen) atoms. The Labute approximate surface area is 125 Å². The molecule has 0 spiro atoms. The Morgan fingerprint density at radius 1 is 1.19 bits per heavy atom. The molecule has 0 aliphatic carbocycles. The van der Waals surface area contributed by atoms with Crippen LogP contribution in [0.3, 0.4) is 0 Å². The molecule has 0 saturated heterocycles. The van der Waals surface area contributed by atoms with Crippen molar-refractivity contribution >= 4 is 5.78 Å². The van der Waals surface area contributed by atoms with Crippen LogP contribution in [0.1, 0.15) is 17.3 Å². The average Bonchev–Trinajstić information content (AvgIpc) is 2.49. The third kappa shape index (κ3) is 5.91. The molecule has 118 valence electrons. The Hall–Kier alpha value is -1.30. The number of Topliss-reactive ketones (excluding diaryl/α,β-unsaturated/α-hetero) is 1. The smallest absolute Gasteiger partial charge is 0.169 e. The second kappa shape index (κ2) is 9.60. The van der Waals surface area contributed by atoms with Crippen LogP contribution in [0.4, 0.5) is 4.39 Å². The Bertz CT molecular complexity index is 431. The van der Waals surface area contributed by atoms with E-state index in [9.17, 15) is 9.18 Å². The van der Waals surface area contributed by atoms with Crippen molar-refractivity contribution < 1.29 is 18.7 Å². The molecule has 0 radical (unpaired) electrons. The highest BCUT2D eigenvalue weighted by Crippen LogP contribution is 2.14. The number of benzene rings is 1. The largest absolute Gasteiger partial charge is 0.383 e. The van der Waals surface area contributed by atoms with E-state index in [-0.39, 0.29) is 17.3 Å². The van der Waals surface area contributed by atoms with Gasteiger partial charge in [-0.05, 0) is 12.1 Å². The lowest BCUT2D eigenvalue weighted by Gasteiger charge is -2.24. The summed E-state index contributed by atoms with van der Waals surface area (Å²) >= 11 is 0. The number of ether oxygens (including phenoxy) is 2. The van der Waals surface area contributed by atoms with E-state index < -0.39 is 5.82 Å². The molecule has 0 heterocycles. The first-order valence-corrected chi connectivity index (χ1v) is 7.09. The molecule has 0 aliphatic rings. The lowest BCUT2D eigenvalue weighted by molar-refractivity contribution is 0.0813. The van der Waals surface area contributed by atoms with Crippen molar-refractivity contribution in [3.05, 3.63) is 35.6 Å². The first-order chi connectivity index (χ1) is 10.1. The van der Waals surface area contributed by atoms with Crippen molar-refractivity contribution in [1.29, 1.82) is 0 Å². The Morgan fingerprint density at radius 3 is 2.29 bits per heavy atom. The van der Waals surface area contributed by atoms with Crippen molar-refractivity contribution in [3.8, 4) is 0 Å². The number of ketones is 1. The molecule has 1 atom stereocenters. The fourth-order valence-corrected chi connectivity index (χ4v) is 2.13. The van der Waals surface area contributed by atoms with Crippen LogP contribution < -0.4 is 0 Å². The van der Waals surface area contributed by atoms with Crippen LogP contribution in [-0.4, -0.2) is 57.8 Å². The summed E-state index contributed by atoms with van der Waals surface area (Å²) in [5, 5.41) is 0. The van der Waals surface area contributed by atoms with Crippen molar-refractivity contribution in [2.75, 3.05) is 47.1 Å². The van der Waals surface area contributed by atoms with Gasteiger partial charge in [-0.1, -0.05) is 19.1 Å². The van der Waals surface area contributed by atoms with Crippen LogP contribution in [0.2, 0.25) is 0 Å². The Balaban J connectivity index is 2.64. The Kier molecular flexibility index (Phi) is 8.12. The molecule has 0 amide bonds. The van der Waals surface area contributed by atoms with E-state index in [0.29, 0.717) is 19.8 Å². The van der Waals surface area contributed by atoms with Gasteiger partial charge in [-0.2, -0.15) is 0 Å². The molecule has 0 aliphatic heterocycles. The lowest BCUT2D eigenvalue weighted by atomic mass is 9.98. The molecule has 1 unspecified atom stereocenters. The molecule has 0 aromatic heterocycles. The van der Waals surface area contributed by atoms with Crippen molar-refractivity contribution in [3.63, 3.8) is 0 Å². The van der Waals surface area contributed by atoms with Crippen LogP contribution in [-0.2, 0) is 9.47 Å². The molecule has 0 N–H and O–H groups in total. The van der Waals surface area contributed by atoms with E-state index in [4.69, 9.17) is 9.47 Å². The number of hydrogen-bond donors (Lipinski definition) is 0. The van der Waals surface area contributed by atoms with Crippen molar-refractivity contribution in [2.24, 2.45) is 5.92 Å². The predicted molar refractivity (Wildman–Crippen MR) is 80.1 cm³/mol. The first-order valence-electron chi connectivity index (χ1n) is 7.09. The maximum absolute atomic E-state index is 13.7. The third-order valence-electron chi connectivity index (χ3n) is 3.34. The highest BCUT2D eigenvalue weighted by Gasteiger charge is 2.20. The summed E-state index contributed by atoms with van der Waals surface area (Å²) < 4.78 is 23.8. The molecule has 4 nitrogen and oxygen atoms in total. The highest BCUT2D eigenvalue weighted by molar-refractivity contribution is 5.98. The average molecular weight is 297 g/mol. The van der Waals surface area contributed by atoms with Crippen LogP contribution in [0.25, 0.3) is 0 Å². The molecule has 1 aromatic carbocycles. The molecule has 5 heteroatoms. The van der Waals surface area contributed by atoms with E-state index in [1.54, 1.807) is 26.4 Å². The zero-order valence-electron chi connectivity index (χ0n) is 13.0. The van der Waals surface area contributed by atoms with Gasteiger partial charge < -0.3 is 9.47 Å². The van der Waals surface area contributed by atoms with Gasteiger partial charge in [-0.25, -0.2) is 4.39 Å². The van der Waals surface area contributed by atoms with E-state index in [1.165, 1.54) is 12.1 Å².